The minimum atomic E-state index is -1.52. The van der Waals surface area contributed by atoms with E-state index in [1.807, 2.05) is 33.8 Å². The molecule has 0 aromatic carbocycles. The van der Waals surface area contributed by atoms with E-state index in [0.717, 1.165) is 11.1 Å². The van der Waals surface area contributed by atoms with Gasteiger partial charge in [-0.3, -0.25) is 19.2 Å². The maximum atomic E-state index is 13.7. The first kappa shape index (κ1) is 35.1. The zero-order chi connectivity index (χ0) is 34.9. The Bertz CT molecular complexity index is 1430. The molecular formula is C36H50O11. The highest BCUT2D eigenvalue weighted by Gasteiger charge is 2.78. The summed E-state index contributed by atoms with van der Waals surface area (Å²) in [4.78, 5) is 53.1. The fourth-order valence-corrected chi connectivity index (χ4v) is 10.4. The van der Waals surface area contributed by atoms with E-state index >= 15 is 0 Å². The van der Waals surface area contributed by atoms with E-state index in [0.29, 0.717) is 12.8 Å². The summed E-state index contributed by atoms with van der Waals surface area (Å²) in [6, 6.07) is 1.87. The van der Waals surface area contributed by atoms with Crippen LogP contribution in [0.5, 0.6) is 0 Å². The Morgan fingerprint density at radius 3 is 2.19 bits per heavy atom. The molecule has 0 aliphatic heterocycles. The van der Waals surface area contributed by atoms with E-state index in [2.05, 4.69) is 6.08 Å². The number of esters is 4. The molecule has 1 heterocycles. The summed E-state index contributed by atoms with van der Waals surface area (Å²) < 4.78 is 29.5. The third kappa shape index (κ3) is 4.89. The van der Waals surface area contributed by atoms with E-state index in [-0.39, 0.29) is 18.8 Å². The van der Waals surface area contributed by atoms with Gasteiger partial charge in [0.25, 0.3) is 0 Å². The number of ether oxygens (including phenoxy) is 4. The highest BCUT2D eigenvalue weighted by atomic mass is 16.6. The van der Waals surface area contributed by atoms with Gasteiger partial charge < -0.3 is 33.6 Å². The SMILES string of the molecule is CCC(C)C(=O)O[C@H]1[C@H](OC(C)=O)C2[C@]3(C)C(C[C@@H](O)[C@@]2(C)C2=CC[C@@H](c4ccoc4)[C@@]21C)[C@](C)(C(=O)OC)[C@H](O)C[C@@H]3OC(C)=O. The van der Waals surface area contributed by atoms with Crippen molar-refractivity contribution < 1.29 is 52.8 Å². The Balaban J connectivity index is 1.82. The normalized spacial score (nSPS) is 42.9. The molecule has 260 valence electrons. The van der Waals surface area contributed by atoms with Crippen LogP contribution in [0.2, 0.25) is 0 Å². The number of fused-ring (bicyclic) bond motifs is 5. The molecule has 4 aliphatic rings. The van der Waals surface area contributed by atoms with Gasteiger partial charge in [0.15, 0.2) is 0 Å². The Labute approximate surface area is 276 Å². The molecule has 2 N–H and O–H groups in total. The van der Waals surface area contributed by atoms with Crippen molar-refractivity contribution in [3.05, 3.63) is 35.8 Å². The Morgan fingerprint density at radius 1 is 0.979 bits per heavy atom. The molecule has 13 atom stereocenters. The molecule has 1 aromatic heterocycles. The topological polar surface area (TPSA) is 159 Å². The maximum absolute atomic E-state index is 13.7. The number of rotatable bonds is 7. The van der Waals surface area contributed by atoms with Gasteiger partial charge in [0.05, 0.1) is 43.2 Å². The number of carbonyl (C=O) groups excluding carboxylic acids is 4. The fourth-order valence-electron chi connectivity index (χ4n) is 10.4. The molecule has 5 rings (SSSR count). The standard InChI is InChI=1S/C36H50O11/c1-10-18(2)31(41)47-30-28(46-20(4)38)29-34(6,23-12-11-22(33(23,30)5)21-13-14-44-17-21)25(39)15-24-35(7,32(42)43-9)26(40)16-27(36(24,29)8)45-19(3)37/h12-14,17-18,22,24-30,39-40H,10-11,15-16H2,1-9H3/t18?,22-,24?,25+,26+,27-,28+,29?,30-,33-,34+,35-,36+/m0/s1. The van der Waals surface area contributed by atoms with Gasteiger partial charge in [-0.2, -0.15) is 0 Å². The van der Waals surface area contributed by atoms with Crippen LogP contribution in [0.4, 0.5) is 0 Å². The number of hydrogen-bond donors (Lipinski definition) is 2. The van der Waals surface area contributed by atoms with Crippen LogP contribution in [-0.4, -0.2) is 71.7 Å². The van der Waals surface area contributed by atoms with Crippen molar-refractivity contribution in [2.24, 2.45) is 39.4 Å². The second-order valence-corrected chi connectivity index (χ2v) is 15.0. The third-order valence-electron chi connectivity index (χ3n) is 12.9. The molecule has 0 saturated heterocycles. The molecule has 0 bridgehead atoms. The Hall–Kier alpha value is -3.18. The average molecular weight is 659 g/mol. The Morgan fingerprint density at radius 2 is 1.64 bits per heavy atom. The number of methoxy groups -OCH3 is 1. The zero-order valence-electron chi connectivity index (χ0n) is 28.9. The predicted molar refractivity (Wildman–Crippen MR) is 167 cm³/mol. The molecule has 1 aromatic rings. The summed E-state index contributed by atoms with van der Waals surface area (Å²) in [5.41, 5.74) is -3.08. The smallest absolute Gasteiger partial charge is 0.314 e. The summed E-state index contributed by atoms with van der Waals surface area (Å²) in [5.74, 6) is -4.67. The molecule has 0 radical (unpaired) electrons. The number of aliphatic hydroxyl groups excluding tert-OH is 2. The van der Waals surface area contributed by atoms with Crippen molar-refractivity contribution in [2.75, 3.05) is 7.11 Å². The van der Waals surface area contributed by atoms with Crippen LogP contribution in [0.25, 0.3) is 0 Å². The molecule has 3 unspecified atom stereocenters. The van der Waals surface area contributed by atoms with Gasteiger partial charge >= 0.3 is 23.9 Å². The first-order valence-corrected chi connectivity index (χ1v) is 16.7. The summed E-state index contributed by atoms with van der Waals surface area (Å²) in [5, 5.41) is 24.0. The van der Waals surface area contributed by atoms with Gasteiger partial charge in [-0.15, -0.1) is 0 Å². The van der Waals surface area contributed by atoms with Crippen molar-refractivity contribution in [3.63, 3.8) is 0 Å². The van der Waals surface area contributed by atoms with Crippen molar-refractivity contribution in [1.82, 2.24) is 0 Å². The lowest BCUT2D eigenvalue weighted by Crippen LogP contribution is -2.76. The van der Waals surface area contributed by atoms with Crippen LogP contribution in [0.15, 0.2) is 34.7 Å². The van der Waals surface area contributed by atoms with Crippen LogP contribution >= 0.6 is 0 Å². The molecular weight excluding hydrogens is 608 g/mol. The summed E-state index contributed by atoms with van der Waals surface area (Å²) in [6.45, 7) is 13.6. The number of aliphatic hydroxyl groups is 2. The predicted octanol–water partition coefficient (Wildman–Crippen LogP) is 4.49. The second-order valence-electron chi connectivity index (χ2n) is 15.0. The van der Waals surface area contributed by atoms with E-state index in [1.54, 1.807) is 26.4 Å². The van der Waals surface area contributed by atoms with Crippen molar-refractivity contribution in [3.8, 4) is 0 Å². The van der Waals surface area contributed by atoms with Crippen LogP contribution in [-0.2, 0) is 38.1 Å². The van der Waals surface area contributed by atoms with Crippen molar-refractivity contribution in [2.45, 2.75) is 118 Å². The second kappa shape index (κ2) is 12.1. The number of carbonyl (C=O) groups is 4. The summed E-state index contributed by atoms with van der Waals surface area (Å²) in [6.07, 6.45) is 0.852. The van der Waals surface area contributed by atoms with Crippen molar-refractivity contribution >= 4 is 23.9 Å². The monoisotopic (exact) mass is 658 g/mol. The molecule has 0 amide bonds. The first-order chi connectivity index (χ1) is 21.9. The lowest BCUT2D eigenvalue weighted by molar-refractivity contribution is -0.293. The maximum Gasteiger partial charge on any atom is 0.314 e. The molecule has 11 nitrogen and oxygen atoms in total. The fraction of sp³-hybridized carbons (Fsp3) is 0.722. The van der Waals surface area contributed by atoms with Crippen LogP contribution in [0.3, 0.4) is 0 Å². The molecule has 3 fully saturated rings. The van der Waals surface area contributed by atoms with Gasteiger partial charge in [0.2, 0.25) is 0 Å². The Kier molecular flexibility index (Phi) is 9.01. The number of hydrogen-bond acceptors (Lipinski definition) is 11. The van der Waals surface area contributed by atoms with Crippen molar-refractivity contribution in [1.29, 1.82) is 0 Å². The zero-order valence-corrected chi connectivity index (χ0v) is 28.9. The first-order valence-electron chi connectivity index (χ1n) is 16.7. The summed E-state index contributed by atoms with van der Waals surface area (Å²) in [7, 11) is 1.25. The van der Waals surface area contributed by atoms with E-state index in [1.165, 1.54) is 21.0 Å². The van der Waals surface area contributed by atoms with Gasteiger partial charge in [0, 0.05) is 48.3 Å². The van der Waals surface area contributed by atoms with Crippen LogP contribution in [0.1, 0.15) is 92.6 Å². The van der Waals surface area contributed by atoms with Gasteiger partial charge in [-0.1, -0.05) is 46.3 Å². The lowest BCUT2D eigenvalue weighted by atomic mass is 9.35. The molecule has 47 heavy (non-hydrogen) atoms. The highest BCUT2D eigenvalue weighted by molar-refractivity contribution is 5.78. The minimum absolute atomic E-state index is 0.0534. The van der Waals surface area contributed by atoms with Crippen LogP contribution < -0.4 is 0 Å². The van der Waals surface area contributed by atoms with Gasteiger partial charge in [-0.05, 0) is 43.7 Å². The quantitative estimate of drug-likeness (QED) is 0.242. The molecule has 3 saturated carbocycles. The average Bonchev–Trinajstić information content (AvgIpc) is 3.66. The van der Waals surface area contributed by atoms with E-state index in [9.17, 15) is 29.4 Å². The van der Waals surface area contributed by atoms with Crippen LogP contribution in [0, 0.1) is 39.4 Å². The summed E-state index contributed by atoms with van der Waals surface area (Å²) >= 11 is 0. The number of allylic oxidation sites excluding steroid dienone is 1. The number of furan rings is 1. The molecule has 11 heteroatoms. The minimum Gasteiger partial charge on any atom is -0.472 e. The molecule has 4 aliphatic carbocycles. The third-order valence-corrected chi connectivity index (χ3v) is 12.9. The van der Waals surface area contributed by atoms with Gasteiger partial charge in [0.1, 0.15) is 18.3 Å². The molecule has 0 spiro atoms. The largest absolute Gasteiger partial charge is 0.472 e. The van der Waals surface area contributed by atoms with Gasteiger partial charge in [-0.25, -0.2) is 0 Å². The van der Waals surface area contributed by atoms with E-state index in [4.69, 9.17) is 23.4 Å². The highest BCUT2D eigenvalue weighted by Crippen LogP contribution is 2.74. The lowest BCUT2D eigenvalue weighted by Gasteiger charge is -2.71. The van der Waals surface area contributed by atoms with E-state index < -0.39 is 93.8 Å².